The average Bonchev–Trinajstić information content (AvgIpc) is 3.36. The Kier molecular flexibility index (Phi) is 4.74. The molecule has 1 aromatic carbocycles. The molecule has 8 nitrogen and oxygen atoms in total. The molecule has 9 heteroatoms. The number of nitrogens with zero attached hydrogens (tertiary/aromatic N) is 4. The van der Waals surface area contributed by atoms with Crippen LogP contribution >= 0.6 is 11.8 Å². The summed E-state index contributed by atoms with van der Waals surface area (Å²) in [6, 6.07) is 8.86. The molecule has 0 unspecified atom stereocenters. The third kappa shape index (κ3) is 2.89. The second-order valence-corrected chi connectivity index (χ2v) is 6.82. The van der Waals surface area contributed by atoms with Crippen LogP contribution in [-0.4, -0.2) is 32.2 Å². The van der Waals surface area contributed by atoms with Crippen LogP contribution in [0.5, 0.6) is 0 Å². The van der Waals surface area contributed by atoms with Crippen molar-refractivity contribution in [1.29, 1.82) is 0 Å². The topological polar surface area (TPSA) is 91.6 Å². The van der Waals surface area contributed by atoms with Gasteiger partial charge in [0.2, 0.25) is 5.78 Å². The van der Waals surface area contributed by atoms with Crippen LogP contribution in [0.15, 0.2) is 63.6 Å². The largest absolute Gasteiger partial charge is 0.468 e. The van der Waals surface area contributed by atoms with Gasteiger partial charge in [-0.15, -0.1) is 16.8 Å². The number of esters is 1. The number of thioether (sulfide) groups is 1. The van der Waals surface area contributed by atoms with Gasteiger partial charge in [0.05, 0.1) is 30.0 Å². The number of aromatic nitrogens is 4. The number of ether oxygens (including phenoxy) is 1. The molecule has 4 rings (SSSR count). The normalized spacial score (nSPS) is 11.2. The molecular formula is C19H16N4O4S. The summed E-state index contributed by atoms with van der Waals surface area (Å²) in [5.74, 6) is 0.810. The van der Waals surface area contributed by atoms with E-state index in [9.17, 15) is 9.59 Å². The standard InChI is InChI=1S/C19H16N4O4S/c1-3-9-22-16(24)12-6-4-5-7-14(12)23-18(22)20-21-19(23)28-11-15-13(8-10-27-15)17(25)26-2/h3-8,10H,1,9,11H2,2H3. The van der Waals surface area contributed by atoms with E-state index >= 15 is 0 Å². The minimum absolute atomic E-state index is 0.147. The highest BCUT2D eigenvalue weighted by molar-refractivity contribution is 7.98. The number of allylic oxidation sites excluding steroid dienone is 1. The van der Waals surface area contributed by atoms with Crippen molar-refractivity contribution in [2.45, 2.75) is 17.5 Å². The van der Waals surface area contributed by atoms with Crippen molar-refractivity contribution in [2.75, 3.05) is 7.11 Å². The monoisotopic (exact) mass is 396 g/mol. The SMILES string of the molecule is C=CCn1c(=O)c2ccccc2n2c(SCc3occc3C(=O)OC)nnc12. The van der Waals surface area contributed by atoms with Crippen molar-refractivity contribution < 1.29 is 13.9 Å². The van der Waals surface area contributed by atoms with Crippen molar-refractivity contribution >= 4 is 34.4 Å². The summed E-state index contributed by atoms with van der Waals surface area (Å²) in [4.78, 5) is 24.6. The summed E-state index contributed by atoms with van der Waals surface area (Å²) in [6.07, 6.45) is 3.09. The lowest BCUT2D eigenvalue weighted by molar-refractivity contribution is 0.0598. The fourth-order valence-corrected chi connectivity index (χ4v) is 3.89. The van der Waals surface area contributed by atoms with Crippen LogP contribution in [0.1, 0.15) is 16.1 Å². The lowest BCUT2D eigenvalue weighted by Crippen LogP contribution is -2.22. The van der Waals surface area contributed by atoms with Gasteiger partial charge in [-0.3, -0.25) is 13.8 Å². The molecular weight excluding hydrogens is 380 g/mol. The fraction of sp³-hybridized carbons (Fsp3) is 0.158. The molecule has 0 saturated heterocycles. The predicted molar refractivity (Wildman–Crippen MR) is 105 cm³/mol. The highest BCUT2D eigenvalue weighted by Gasteiger charge is 2.19. The first kappa shape index (κ1) is 18.1. The zero-order valence-electron chi connectivity index (χ0n) is 15.0. The second kappa shape index (κ2) is 7.35. The summed E-state index contributed by atoms with van der Waals surface area (Å²) in [6.45, 7) is 4.04. The molecule has 0 atom stereocenters. The number of hydrogen-bond acceptors (Lipinski definition) is 7. The summed E-state index contributed by atoms with van der Waals surface area (Å²) in [5.41, 5.74) is 0.936. The first-order valence-electron chi connectivity index (χ1n) is 8.40. The number of carbonyl (C=O) groups is 1. The molecule has 0 aliphatic rings. The van der Waals surface area contributed by atoms with Crippen molar-refractivity contribution in [3.8, 4) is 0 Å². The summed E-state index contributed by atoms with van der Waals surface area (Å²) in [5, 5.41) is 9.60. The van der Waals surface area contributed by atoms with Crippen LogP contribution in [0.4, 0.5) is 0 Å². The van der Waals surface area contributed by atoms with Crippen LogP contribution in [0, 0.1) is 0 Å². The number of rotatable bonds is 6. The summed E-state index contributed by atoms with van der Waals surface area (Å²) < 4.78 is 13.5. The van der Waals surface area contributed by atoms with E-state index in [4.69, 9.17) is 9.15 Å². The van der Waals surface area contributed by atoms with E-state index in [1.165, 1.54) is 29.7 Å². The van der Waals surface area contributed by atoms with E-state index < -0.39 is 5.97 Å². The Labute approximate surface area is 163 Å². The Balaban J connectivity index is 1.81. The van der Waals surface area contributed by atoms with Crippen molar-refractivity contribution in [3.63, 3.8) is 0 Å². The lowest BCUT2D eigenvalue weighted by Gasteiger charge is -2.09. The minimum Gasteiger partial charge on any atom is -0.468 e. The number of methoxy groups -OCH3 is 1. The molecule has 142 valence electrons. The molecule has 3 aromatic heterocycles. The smallest absolute Gasteiger partial charge is 0.341 e. The molecule has 0 aliphatic carbocycles. The molecule has 0 N–H and O–H groups in total. The number of hydrogen-bond donors (Lipinski definition) is 0. The van der Waals surface area contributed by atoms with Crippen LogP contribution in [0.25, 0.3) is 16.7 Å². The number of benzene rings is 1. The van der Waals surface area contributed by atoms with Gasteiger partial charge >= 0.3 is 5.97 Å². The third-order valence-corrected chi connectivity index (χ3v) is 5.20. The van der Waals surface area contributed by atoms with Gasteiger partial charge < -0.3 is 9.15 Å². The molecule has 0 saturated carbocycles. The Morgan fingerprint density at radius 1 is 1.32 bits per heavy atom. The zero-order chi connectivity index (χ0) is 19.7. The highest BCUT2D eigenvalue weighted by atomic mass is 32.2. The molecule has 3 heterocycles. The van der Waals surface area contributed by atoms with Crippen LogP contribution < -0.4 is 5.56 Å². The summed E-state index contributed by atoms with van der Waals surface area (Å²) >= 11 is 1.35. The maximum absolute atomic E-state index is 12.8. The van der Waals surface area contributed by atoms with E-state index in [1.54, 1.807) is 18.2 Å². The average molecular weight is 396 g/mol. The van der Waals surface area contributed by atoms with E-state index in [0.29, 0.717) is 45.5 Å². The Morgan fingerprint density at radius 3 is 2.93 bits per heavy atom. The Bertz CT molecular complexity index is 1250. The molecule has 0 aliphatic heterocycles. The highest BCUT2D eigenvalue weighted by Crippen LogP contribution is 2.26. The van der Waals surface area contributed by atoms with Crippen LogP contribution in [0.3, 0.4) is 0 Å². The second-order valence-electron chi connectivity index (χ2n) is 5.88. The van der Waals surface area contributed by atoms with E-state index in [-0.39, 0.29) is 5.56 Å². The van der Waals surface area contributed by atoms with Crippen molar-refractivity contribution in [3.05, 3.63) is 70.9 Å². The van der Waals surface area contributed by atoms with E-state index in [0.717, 1.165) is 0 Å². The van der Waals surface area contributed by atoms with E-state index in [2.05, 4.69) is 16.8 Å². The van der Waals surface area contributed by atoms with Crippen molar-refractivity contribution in [2.24, 2.45) is 0 Å². The number of carbonyl (C=O) groups excluding carboxylic acids is 1. The van der Waals surface area contributed by atoms with Gasteiger partial charge in [-0.1, -0.05) is 30.0 Å². The first-order valence-corrected chi connectivity index (χ1v) is 9.39. The van der Waals surface area contributed by atoms with Gasteiger partial charge in [-0.25, -0.2) is 4.79 Å². The number of fused-ring (bicyclic) bond motifs is 3. The quantitative estimate of drug-likeness (QED) is 0.281. The molecule has 0 spiro atoms. The molecule has 0 radical (unpaired) electrons. The van der Waals surface area contributed by atoms with Crippen LogP contribution in [0.2, 0.25) is 0 Å². The number of para-hydroxylation sites is 1. The zero-order valence-corrected chi connectivity index (χ0v) is 15.8. The third-order valence-electron chi connectivity index (χ3n) is 4.27. The molecule has 28 heavy (non-hydrogen) atoms. The van der Waals surface area contributed by atoms with Gasteiger partial charge in [-0.2, -0.15) is 0 Å². The van der Waals surface area contributed by atoms with Crippen molar-refractivity contribution in [1.82, 2.24) is 19.2 Å². The molecule has 0 fully saturated rings. The molecule has 0 bridgehead atoms. The minimum atomic E-state index is -0.458. The lowest BCUT2D eigenvalue weighted by atomic mass is 10.2. The Hall–Kier alpha value is -3.33. The maximum Gasteiger partial charge on any atom is 0.341 e. The predicted octanol–water partition coefficient (Wildman–Crippen LogP) is 2.90. The van der Waals surface area contributed by atoms with Gasteiger partial charge in [0.1, 0.15) is 11.3 Å². The molecule has 4 aromatic rings. The first-order chi connectivity index (χ1) is 13.7. The van der Waals surface area contributed by atoms with E-state index in [1.807, 2.05) is 22.6 Å². The Morgan fingerprint density at radius 2 is 2.14 bits per heavy atom. The van der Waals surface area contributed by atoms with Gasteiger partial charge in [0.25, 0.3) is 5.56 Å². The maximum atomic E-state index is 12.8. The van der Waals surface area contributed by atoms with Gasteiger partial charge in [0.15, 0.2) is 5.16 Å². The fourth-order valence-electron chi connectivity index (χ4n) is 3.00. The summed E-state index contributed by atoms with van der Waals surface area (Å²) in [7, 11) is 1.32. The van der Waals surface area contributed by atoms with Crippen LogP contribution in [-0.2, 0) is 17.0 Å². The van der Waals surface area contributed by atoms with Gasteiger partial charge in [-0.05, 0) is 18.2 Å². The number of furan rings is 1. The molecule has 0 amide bonds. The van der Waals surface area contributed by atoms with Gasteiger partial charge in [0, 0.05) is 6.54 Å².